The minimum absolute atomic E-state index is 0.0373. The van der Waals surface area contributed by atoms with Crippen LogP contribution in [0.1, 0.15) is 64.7 Å². The summed E-state index contributed by atoms with van der Waals surface area (Å²) < 4.78 is 12.4. The zero-order valence-electron chi connectivity index (χ0n) is 21.8. The van der Waals surface area contributed by atoms with Gasteiger partial charge in [-0.2, -0.15) is 0 Å². The lowest BCUT2D eigenvalue weighted by atomic mass is 9.89. The molecule has 3 N–H and O–H groups in total. The molecule has 190 valence electrons. The molecule has 1 aliphatic rings. The van der Waals surface area contributed by atoms with Gasteiger partial charge in [0, 0.05) is 16.7 Å². The molecule has 0 fully saturated rings. The number of aromatic hydroxyl groups is 3. The molecule has 1 aliphatic heterocycles. The fourth-order valence-corrected chi connectivity index (χ4v) is 4.47. The Morgan fingerprint density at radius 2 is 1.67 bits per heavy atom. The van der Waals surface area contributed by atoms with Crippen molar-refractivity contribution in [2.45, 2.75) is 72.8 Å². The van der Waals surface area contributed by atoms with Crippen LogP contribution < -0.4 is 10.2 Å². The van der Waals surface area contributed by atoms with E-state index < -0.39 is 16.8 Å². The molecule has 0 spiro atoms. The van der Waals surface area contributed by atoms with Gasteiger partial charge in [-0.05, 0) is 78.9 Å². The monoisotopic (exact) mass is 490 g/mol. The maximum absolute atomic E-state index is 13.6. The lowest BCUT2D eigenvalue weighted by Gasteiger charge is -2.34. The van der Waals surface area contributed by atoms with Crippen LogP contribution in [0.5, 0.6) is 23.0 Å². The predicted molar refractivity (Wildman–Crippen MR) is 142 cm³/mol. The van der Waals surface area contributed by atoms with Crippen LogP contribution in [-0.2, 0) is 19.3 Å². The molecule has 2 heterocycles. The number of phenols is 2. The van der Waals surface area contributed by atoms with E-state index in [-0.39, 0.29) is 34.0 Å². The second-order valence-corrected chi connectivity index (χ2v) is 10.6. The van der Waals surface area contributed by atoms with Gasteiger partial charge in [-0.25, -0.2) is 0 Å². The Bertz CT molecular complexity index is 1460. The zero-order valence-corrected chi connectivity index (χ0v) is 21.8. The Kier molecular flexibility index (Phi) is 6.65. The van der Waals surface area contributed by atoms with Gasteiger partial charge in [0.25, 0.3) is 0 Å². The highest BCUT2D eigenvalue weighted by Crippen LogP contribution is 2.47. The maximum Gasteiger partial charge on any atom is 0.238 e. The highest BCUT2D eigenvalue weighted by Gasteiger charge is 2.34. The largest absolute Gasteiger partial charge is 0.508 e. The average Bonchev–Trinajstić information content (AvgIpc) is 2.79. The molecule has 0 bridgehead atoms. The van der Waals surface area contributed by atoms with E-state index in [1.165, 1.54) is 6.07 Å². The van der Waals surface area contributed by atoms with E-state index >= 15 is 0 Å². The molecule has 0 unspecified atom stereocenters. The molecule has 36 heavy (non-hydrogen) atoms. The van der Waals surface area contributed by atoms with Gasteiger partial charge in [-0.15, -0.1) is 0 Å². The van der Waals surface area contributed by atoms with Crippen LogP contribution in [0.25, 0.3) is 22.3 Å². The summed E-state index contributed by atoms with van der Waals surface area (Å²) in [6.07, 6.45) is 6.07. The number of hydrogen-bond acceptors (Lipinski definition) is 6. The Labute approximate surface area is 211 Å². The molecule has 1 aromatic heterocycles. The summed E-state index contributed by atoms with van der Waals surface area (Å²) in [6.45, 7) is 11.7. The third kappa shape index (κ3) is 4.72. The van der Waals surface area contributed by atoms with Gasteiger partial charge >= 0.3 is 0 Å². The number of rotatable bonds is 5. The van der Waals surface area contributed by atoms with Gasteiger partial charge in [0.15, 0.2) is 5.76 Å². The van der Waals surface area contributed by atoms with Crippen molar-refractivity contribution >= 4 is 11.0 Å². The number of phenolic OH excluding ortho intramolecular Hbond substituents is 2. The molecule has 6 nitrogen and oxygen atoms in total. The summed E-state index contributed by atoms with van der Waals surface area (Å²) in [5.41, 5.74) is 3.28. The predicted octanol–water partition coefficient (Wildman–Crippen LogP) is 6.70. The minimum atomic E-state index is -0.633. The lowest BCUT2D eigenvalue weighted by molar-refractivity contribution is 0.0856. The normalized spacial score (nSPS) is 14.2. The Hall–Kier alpha value is -3.67. The first-order valence-electron chi connectivity index (χ1n) is 12.2. The van der Waals surface area contributed by atoms with Crippen LogP contribution in [-0.4, -0.2) is 20.9 Å². The smallest absolute Gasteiger partial charge is 0.238 e. The Morgan fingerprint density at radius 3 is 2.31 bits per heavy atom. The van der Waals surface area contributed by atoms with Crippen molar-refractivity contribution in [2.24, 2.45) is 0 Å². The van der Waals surface area contributed by atoms with E-state index in [0.29, 0.717) is 47.9 Å². The number of benzene rings is 2. The topological polar surface area (TPSA) is 100 Å². The van der Waals surface area contributed by atoms with Gasteiger partial charge in [0.1, 0.15) is 33.8 Å². The highest BCUT2D eigenvalue weighted by molar-refractivity contribution is 5.93. The fourth-order valence-electron chi connectivity index (χ4n) is 4.47. The molecule has 3 aromatic rings. The van der Waals surface area contributed by atoms with Crippen LogP contribution in [0.4, 0.5) is 0 Å². The summed E-state index contributed by atoms with van der Waals surface area (Å²) in [7, 11) is 0. The van der Waals surface area contributed by atoms with Crippen molar-refractivity contribution in [3.63, 3.8) is 0 Å². The molecule has 4 rings (SSSR count). The van der Waals surface area contributed by atoms with E-state index in [4.69, 9.17) is 9.15 Å². The first-order valence-corrected chi connectivity index (χ1v) is 12.2. The van der Waals surface area contributed by atoms with Crippen LogP contribution in [0, 0.1) is 0 Å². The minimum Gasteiger partial charge on any atom is -0.508 e. The fraction of sp³-hybridized carbons (Fsp3) is 0.367. The SMILES string of the molecule is CC(C)=CCc1ccc(-c2oc3c(CC=C(C)C)c(O)c4c(c3c(=O)c2O)OC(C)(C)CC4)cc1O. The van der Waals surface area contributed by atoms with Crippen molar-refractivity contribution in [1.29, 1.82) is 0 Å². The summed E-state index contributed by atoms with van der Waals surface area (Å²) in [5, 5.41) is 32.9. The van der Waals surface area contributed by atoms with Gasteiger partial charge in [0.05, 0.1) is 0 Å². The second kappa shape index (κ2) is 9.41. The summed E-state index contributed by atoms with van der Waals surface area (Å²) in [6, 6.07) is 4.92. The zero-order chi connectivity index (χ0) is 26.4. The van der Waals surface area contributed by atoms with Crippen LogP contribution in [0.3, 0.4) is 0 Å². The molecule has 0 aliphatic carbocycles. The van der Waals surface area contributed by atoms with Crippen molar-refractivity contribution in [3.8, 4) is 34.3 Å². The van der Waals surface area contributed by atoms with E-state index in [0.717, 1.165) is 11.1 Å². The third-order valence-corrected chi connectivity index (χ3v) is 6.58. The molecule has 0 atom stereocenters. The number of hydrogen-bond donors (Lipinski definition) is 3. The molecule has 0 radical (unpaired) electrons. The van der Waals surface area contributed by atoms with Crippen LogP contribution in [0.2, 0.25) is 0 Å². The van der Waals surface area contributed by atoms with Gasteiger partial charge in [0.2, 0.25) is 11.2 Å². The van der Waals surface area contributed by atoms with Gasteiger partial charge in [-0.1, -0.05) is 35.4 Å². The van der Waals surface area contributed by atoms with E-state index in [1.54, 1.807) is 12.1 Å². The standard InChI is InChI=1S/C30H34O6/c1-16(2)7-9-18-10-11-19(15-22(18)31)27-26(34)25(33)23-28(35-27)20(12-8-17(3)4)24(32)21-13-14-30(5,6)36-29(21)23/h7-8,10-11,15,31-32,34H,9,12-14H2,1-6H3. The van der Waals surface area contributed by atoms with E-state index in [2.05, 4.69) is 0 Å². The lowest BCUT2D eigenvalue weighted by Crippen LogP contribution is -2.33. The van der Waals surface area contributed by atoms with Crippen LogP contribution >= 0.6 is 0 Å². The van der Waals surface area contributed by atoms with Gasteiger partial charge < -0.3 is 24.5 Å². The Morgan fingerprint density at radius 1 is 1.00 bits per heavy atom. The Balaban J connectivity index is 1.99. The third-order valence-electron chi connectivity index (χ3n) is 6.58. The molecule has 0 saturated heterocycles. The van der Waals surface area contributed by atoms with Gasteiger partial charge in [-0.3, -0.25) is 4.79 Å². The molecular weight excluding hydrogens is 456 g/mol. The second-order valence-electron chi connectivity index (χ2n) is 10.6. The molecule has 2 aromatic carbocycles. The first kappa shape index (κ1) is 25.4. The quantitative estimate of drug-likeness (QED) is 0.344. The molecule has 6 heteroatoms. The van der Waals surface area contributed by atoms with Crippen LogP contribution in [0.15, 0.2) is 50.7 Å². The first-order chi connectivity index (χ1) is 16.9. The number of ether oxygens (including phenoxy) is 1. The molecule has 0 saturated carbocycles. The average molecular weight is 491 g/mol. The number of fused-ring (bicyclic) bond motifs is 3. The summed E-state index contributed by atoms with van der Waals surface area (Å²) in [5.74, 6) is -0.285. The molecule has 0 amide bonds. The van der Waals surface area contributed by atoms with Crippen molar-refractivity contribution in [2.75, 3.05) is 0 Å². The summed E-state index contributed by atoms with van der Waals surface area (Å²) >= 11 is 0. The molecular formula is C30H34O6. The van der Waals surface area contributed by atoms with E-state index in [1.807, 2.05) is 53.7 Å². The van der Waals surface area contributed by atoms with Crippen molar-refractivity contribution in [1.82, 2.24) is 0 Å². The summed E-state index contributed by atoms with van der Waals surface area (Å²) in [4.78, 5) is 13.6. The van der Waals surface area contributed by atoms with Crippen molar-refractivity contribution < 1.29 is 24.5 Å². The van der Waals surface area contributed by atoms with Crippen molar-refractivity contribution in [3.05, 3.63) is 68.4 Å². The maximum atomic E-state index is 13.6. The van der Waals surface area contributed by atoms with E-state index in [9.17, 15) is 20.1 Å². The highest BCUT2D eigenvalue weighted by atomic mass is 16.5. The number of allylic oxidation sites excluding steroid dienone is 4.